The number of H-pyrrole nitrogens is 1. The van der Waals surface area contributed by atoms with E-state index in [0.717, 1.165) is 17.9 Å². The van der Waals surface area contributed by atoms with E-state index in [9.17, 15) is 14.7 Å². The Morgan fingerprint density at radius 3 is 2.61 bits per heavy atom. The third-order valence-electron chi connectivity index (χ3n) is 6.34. The lowest BCUT2D eigenvalue weighted by molar-refractivity contribution is 0.0702. The number of thiazole rings is 1. The minimum atomic E-state index is -1.06. The molecule has 0 unspecified atom stereocenters. The lowest BCUT2D eigenvalue weighted by Gasteiger charge is -2.37. The van der Waals surface area contributed by atoms with Crippen molar-refractivity contribution in [3.63, 3.8) is 0 Å². The van der Waals surface area contributed by atoms with E-state index >= 15 is 0 Å². The summed E-state index contributed by atoms with van der Waals surface area (Å²) in [6.07, 6.45) is 3.77. The van der Waals surface area contributed by atoms with Crippen molar-refractivity contribution in [2.45, 2.75) is 26.3 Å². The first kappa shape index (κ1) is 28.1. The zero-order valence-corrected chi connectivity index (χ0v) is 23.8. The van der Waals surface area contributed by atoms with Crippen LogP contribution in [0.4, 0.5) is 10.9 Å². The number of carboxylic acid groups (broad SMARTS) is 1. The second-order valence-corrected chi connectivity index (χ2v) is 11.3. The zero-order valence-electron chi connectivity index (χ0n) is 21.5. The normalized spacial score (nSPS) is 17.6. The van der Waals surface area contributed by atoms with Gasteiger partial charge in [0.2, 0.25) is 0 Å². The van der Waals surface area contributed by atoms with Gasteiger partial charge in [-0.2, -0.15) is 0 Å². The van der Waals surface area contributed by atoms with E-state index in [4.69, 9.17) is 23.2 Å². The molecule has 204 valence electrons. The maximum absolute atomic E-state index is 12.8. The quantitative estimate of drug-likeness (QED) is 0.297. The number of hydrogen-bond donors (Lipinski definition) is 4. The molecule has 4 heterocycles. The highest BCUT2D eigenvalue weighted by Crippen LogP contribution is 2.35. The first-order chi connectivity index (χ1) is 18.0. The molecule has 2 atom stereocenters. The number of rotatable bonds is 9. The van der Waals surface area contributed by atoms with E-state index in [1.54, 1.807) is 13.1 Å². The predicted octanol–water partition coefficient (Wildman–Crippen LogP) is 3.86. The molecule has 4 rings (SSSR count). The van der Waals surface area contributed by atoms with E-state index in [1.165, 1.54) is 6.20 Å². The van der Waals surface area contributed by atoms with Crippen LogP contribution in [0.5, 0.6) is 0 Å². The van der Waals surface area contributed by atoms with Crippen molar-refractivity contribution in [3.8, 4) is 11.4 Å². The molecule has 14 heteroatoms. The Morgan fingerprint density at radius 1 is 1.26 bits per heavy atom. The molecule has 0 aromatic carbocycles. The van der Waals surface area contributed by atoms with Crippen molar-refractivity contribution in [2.75, 3.05) is 50.5 Å². The molecule has 38 heavy (non-hydrogen) atoms. The minimum Gasteiger partial charge on any atom is -0.477 e. The Hall–Kier alpha value is -2.93. The Kier molecular flexibility index (Phi) is 8.76. The topological polar surface area (TPSA) is 139 Å². The van der Waals surface area contributed by atoms with Crippen LogP contribution in [0.2, 0.25) is 10.0 Å². The second kappa shape index (κ2) is 11.9. The number of hydrogen-bond acceptors (Lipinski definition) is 9. The number of carbonyl (C=O) groups excluding carboxylic acids is 1. The highest BCUT2D eigenvalue weighted by atomic mass is 35.5. The number of carbonyl (C=O) groups is 2. The second-order valence-electron chi connectivity index (χ2n) is 9.54. The molecule has 0 saturated carbocycles. The lowest BCUT2D eigenvalue weighted by atomic mass is 9.94. The molecule has 1 aliphatic rings. The van der Waals surface area contributed by atoms with Crippen LogP contribution in [0.25, 0.3) is 11.4 Å². The summed E-state index contributed by atoms with van der Waals surface area (Å²) >= 11 is 13.4. The van der Waals surface area contributed by atoms with Crippen molar-refractivity contribution in [1.82, 2.24) is 30.2 Å². The van der Waals surface area contributed by atoms with Gasteiger partial charge < -0.3 is 30.5 Å². The summed E-state index contributed by atoms with van der Waals surface area (Å²) in [6.45, 7) is 6.53. The van der Waals surface area contributed by atoms with Gasteiger partial charge in [0.25, 0.3) is 5.91 Å². The van der Waals surface area contributed by atoms with Gasteiger partial charge in [-0.25, -0.2) is 19.7 Å². The Balaban J connectivity index is 1.44. The molecule has 3 aromatic heterocycles. The van der Waals surface area contributed by atoms with Crippen LogP contribution < -0.4 is 15.5 Å². The third-order valence-corrected chi connectivity index (χ3v) is 8.39. The van der Waals surface area contributed by atoms with Crippen LogP contribution in [0, 0.1) is 12.8 Å². The number of nitrogens with zero attached hydrogens (tertiary/aromatic N) is 5. The average Bonchev–Trinajstić information content (AvgIpc) is 3.43. The highest BCUT2D eigenvalue weighted by molar-refractivity contribution is 7.17. The standard InChI is InChI=1S/C24H30Cl2N8O3S/c1-12-11-34(7-5-14(12)31-22(35)20-18(26)17(25)13(2)30-20)24-32-19(21(38-24)23(36)37)15-9-29-16(10-28-15)27-6-8-33(3)4/h9-10,12,14,30H,5-8,11H2,1-4H3,(H,27,29)(H,31,35)(H,36,37)/t12-,14+/m0/s1. The summed E-state index contributed by atoms with van der Waals surface area (Å²) in [6, 6.07) is -0.0889. The summed E-state index contributed by atoms with van der Waals surface area (Å²) in [5.74, 6) is -0.686. The molecule has 1 aliphatic heterocycles. The first-order valence-electron chi connectivity index (χ1n) is 12.1. The van der Waals surface area contributed by atoms with Crippen molar-refractivity contribution < 1.29 is 14.7 Å². The maximum atomic E-state index is 12.8. The lowest BCUT2D eigenvalue weighted by Crippen LogP contribution is -2.50. The highest BCUT2D eigenvalue weighted by Gasteiger charge is 2.31. The molecule has 11 nitrogen and oxygen atoms in total. The number of piperidine rings is 1. The number of nitrogens with one attached hydrogen (secondary N) is 3. The van der Waals surface area contributed by atoms with Gasteiger partial charge >= 0.3 is 5.97 Å². The van der Waals surface area contributed by atoms with Gasteiger partial charge in [0.05, 0.1) is 22.4 Å². The Bertz CT molecular complexity index is 1310. The molecule has 0 aliphatic carbocycles. The van der Waals surface area contributed by atoms with Crippen molar-refractivity contribution >= 4 is 57.4 Å². The number of halogens is 2. The average molecular weight is 582 g/mol. The molecule has 0 spiro atoms. The zero-order chi connectivity index (χ0) is 27.6. The third kappa shape index (κ3) is 6.20. The maximum Gasteiger partial charge on any atom is 0.348 e. The summed E-state index contributed by atoms with van der Waals surface area (Å²) < 4.78 is 0. The number of aryl methyl sites for hydroxylation is 1. The monoisotopic (exact) mass is 580 g/mol. The van der Waals surface area contributed by atoms with E-state index in [2.05, 4.69) is 35.5 Å². The first-order valence-corrected chi connectivity index (χ1v) is 13.7. The van der Waals surface area contributed by atoms with E-state index in [1.807, 2.05) is 25.9 Å². The van der Waals surface area contributed by atoms with Crippen LogP contribution in [0.1, 0.15) is 39.2 Å². The number of aromatic nitrogens is 4. The number of aromatic amines is 1. The van der Waals surface area contributed by atoms with E-state index < -0.39 is 5.97 Å². The van der Waals surface area contributed by atoms with Crippen molar-refractivity contribution in [2.24, 2.45) is 5.92 Å². The van der Waals surface area contributed by atoms with Gasteiger partial charge in [0, 0.05) is 37.9 Å². The minimum absolute atomic E-state index is 0.0750. The number of carboxylic acids is 1. The smallest absolute Gasteiger partial charge is 0.348 e. The van der Waals surface area contributed by atoms with E-state index in [0.29, 0.717) is 59.1 Å². The molecule has 1 fully saturated rings. The number of likely N-dealkylation sites (N-methyl/N-ethyl adjacent to an activating group) is 1. The predicted molar refractivity (Wildman–Crippen MR) is 150 cm³/mol. The molecule has 3 aromatic rings. The number of anilines is 2. The summed E-state index contributed by atoms with van der Waals surface area (Å²) in [7, 11) is 3.97. The van der Waals surface area contributed by atoms with Crippen LogP contribution >= 0.6 is 34.5 Å². The van der Waals surface area contributed by atoms with Gasteiger partial charge in [0.1, 0.15) is 27.8 Å². The molecular formula is C24H30Cl2N8O3S. The van der Waals surface area contributed by atoms with Crippen LogP contribution in [0.15, 0.2) is 12.4 Å². The Labute approximate surface area is 234 Å². The molecule has 0 bridgehead atoms. The molecule has 4 N–H and O–H groups in total. The van der Waals surface area contributed by atoms with Crippen LogP contribution in [-0.4, -0.2) is 88.1 Å². The van der Waals surface area contributed by atoms with Gasteiger partial charge in [-0.05, 0) is 33.4 Å². The Morgan fingerprint density at radius 2 is 2.03 bits per heavy atom. The number of aromatic carboxylic acids is 1. The van der Waals surface area contributed by atoms with Gasteiger partial charge in [-0.3, -0.25) is 4.79 Å². The van der Waals surface area contributed by atoms with Gasteiger partial charge in [-0.15, -0.1) is 0 Å². The van der Waals surface area contributed by atoms with E-state index in [-0.39, 0.29) is 33.5 Å². The van der Waals surface area contributed by atoms with Crippen LogP contribution in [0.3, 0.4) is 0 Å². The summed E-state index contributed by atoms with van der Waals surface area (Å²) in [4.78, 5) is 45.4. The fourth-order valence-corrected chi connectivity index (χ4v) is 5.58. The SMILES string of the molecule is Cc1[nH]c(C(=O)N[C@@H]2CCN(c3nc(-c4cnc(NCCN(C)C)cn4)c(C(=O)O)s3)C[C@@H]2C)c(Cl)c1Cl. The molecule has 0 radical (unpaired) electrons. The summed E-state index contributed by atoms with van der Waals surface area (Å²) in [5.41, 5.74) is 1.58. The summed E-state index contributed by atoms with van der Waals surface area (Å²) in [5, 5.41) is 17.2. The van der Waals surface area contributed by atoms with Gasteiger partial charge in [-0.1, -0.05) is 41.5 Å². The van der Waals surface area contributed by atoms with Crippen molar-refractivity contribution in [3.05, 3.63) is 38.7 Å². The number of amides is 1. The fraction of sp³-hybridized carbons (Fsp3) is 0.458. The largest absolute Gasteiger partial charge is 0.477 e. The molecule has 1 saturated heterocycles. The van der Waals surface area contributed by atoms with Gasteiger partial charge in [0.15, 0.2) is 5.13 Å². The van der Waals surface area contributed by atoms with Crippen LogP contribution in [-0.2, 0) is 0 Å². The van der Waals surface area contributed by atoms with Crippen molar-refractivity contribution in [1.29, 1.82) is 0 Å². The molecule has 1 amide bonds. The molecular weight excluding hydrogens is 551 g/mol. The fourth-order valence-electron chi connectivity index (χ4n) is 4.21.